The maximum atomic E-state index is 11.6. The molecule has 6 heteroatoms. The maximum absolute atomic E-state index is 11.6. The van der Waals surface area contributed by atoms with Crippen molar-refractivity contribution in [2.45, 2.75) is 6.92 Å². The van der Waals surface area contributed by atoms with Gasteiger partial charge in [-0.1, -0.05) is 6.07 Å². The fourth-order valence-electron chi connectivity index (χ4n) is 2.47. The molecule has 0 bridgehead atoms. The third-order valence-electron chi connectivity index (χ3n) is 3.75. The molecule has 2 aromatic carbocycles. The largest absolute Gasteiger partial charge is 0.497 e. The second-order valence-corrected chi connectivity index (χ2v) is 6.27. The van der Waals surface area contributed by atoms with E-state index in [4.69, 9.17) is 9.47 Å². The molecule has 1 aromatic heterocycles. The lowest BCUT2D eigenvalue weighted by Gasteiger charge is -2.06. The van der Waals surface area contributed by atoms with Crippen LogP contribution in [-0.4, -0.2) is 25.2 Å². The lowest BCUT2D eigenvalue weighted by Crippen LogP contribution is -2.01. The number of nitrogens with one attached hydrogen (secondary N) is 1. The number of aromatic nitrogens is 1. The number of ether oxygens (including phenoxy) is 2. The van der Waals surface area contributed by atoms with Crippen molar-refractivity contribution in [1.29, 1.82) is 0 Å². The number of carbonyl (C=O) groups is 1. The van der Waals surface area contributed by atoms with E-state index in [-0.39, 0.29) is 5.97 Å². The minimum Gasteiger partial charge on any atom is -0.497 e. The zero-order valence-electron chi connectivity index (χ0n) is 14.2. The van der Waals surface area contributed by atoms with E-state index in [1.807, 2.05) is 36.6 Å². The predicted octanol–water partition coefficient (Wildman–Crippen LogP) is 4.66. The Morgan fingerprint density at radius 2 is 2.00 bits per heavy atom. The van der Waals surface area contributed by atoms with Gasteiger partial charge >= 0.3 is 5.97 Å². The Labute approximate surface area is 150 Å². The van der Waals surface area contributed by atoms with Crippen molar-refractivity contribution >= 4 is 28.1 Å². The van der Waals surface area contributed by atoms with Gasteiger partial charge in [-0.05, 0) is 48.9 Å². The number of aryl methyl sites for hydroxylation is 1. The number of esters is 1. The number of nitrogens with zero attached hydrogens (tertiary/aromatic N) is 1. The van der Waals surface area contributed by atoms with Crippen LogP contribution in [0.3, 0.4) is 0 Å². The van der Waals surface area contributed by atoms with Crippen LogP contribution in [0.25, 0.3) is 11.3 Å². The van der Waals surface area contributed by atoms with E-state index in [0.717, 1.165) is 33.4 Å². The smallest absolute Gasteiger partial charge is 0.337 e. The average Bonchev–Trinajstić information content (AvgIpc) is 3.09. The van der Waals surface area contributed by atoms with E-state index in [1.54, 1.807) is 25.3 Å². The van der Waals surface area contributed by atoms with Crippen molar-refractivity contribution < 1.29 is 14.3 Å². The monoisotopic (exact) mass is 354 g/mol. The van der Waals surface area contributed by atoms with Crippen LogP contribution in [0.2, 0.25) is 0 Å². The van der Waals surface area contributed by atoms with Gasteiger partial charge in [-0.15, -0.1) is 11.3 Å². The fraction of sp³-hybridized carbons (Fsp3) is 0.158. The summed E-state index contributed by atoms with van der Waals surface area (Å²) in [6.07, 6.45) is 0. The zero-order valence-corrected chi connectivity index (χ0v) is 15.0. The summed E-state index contributed by atoms with van der Waals surface area (Å²) < 4.78 is 9.99. The number of benzene rings is 2. The van der Waals surface area contributed by atoms with Crippen LogP contribution in [0, 0.1) is 6.92 Å². The van der Waals surface area contributed by atoms with Gasteiger partial charge in [0.15, 0.2) is 5.13 Å². The Hall–Kier alpha value is -2.86. The van der Waals surface area contributed by atoms with Crippen LogP contribution in [-0.2, 0) is 4.74 Å². The third kappa shape index (κ3) is 3.80. The highest BCUT2D eigenvalue weighted by Gasteiger charge is 2.10. The summed E-state index contributed by atoms with van der Waals surface area (Å²) >= 11 is 1.51. The molecule has 0 saturated heterocycles. The molecule has 25 heavy (non-hydrogen) atoms. The summed E-state index contributed by atoms with van der Waals surface area (Å²) in [5.41, 5.74) is 4.35. The van der Waals surface area contributed by atoms with Crippen LogP contribution >= 0.6 is 11.3 Å². The van der Waals surface area contributed by atoms with Crippen molar-refractivity contribution in [2.24, 2.45) is 0 Å². The lowest BCUT2D eigenvalue weighted by atomic mass is 10.1. The van der Waals surface area contributed by atoms with Gasteiger partial charge in [0.1, 0.15) is 5.75 Å². The number of rotatable bonds is 5. The van der Waals surface area contributed by atoms with Gasteiger partial charge < -0.3 is 14.8 Å². The van der Waals surface area contributed by atoms with Crippen LogP contribution < -0.4 is 10.1 Å². The summed E-state index contributed by atoms with van der Waals surface area (Å²) in [4.78, 5) is 16.3. The molecule has 1 N–H and O–H groups in total. The minimum absolute atomic E-state index is 0.364. The topological polar surface area (TPSA) is 60.5 Å². The molecule has 0 unspecified atom stereocenters. The number of hydrogen-bond donors (Lipinski definition) is 1. The molecule has 0 fully saturated rings. The molecule has 1 heterocycles. The molecule has 3 rings (SSSR count). The summed E-state index contributed by atoms with van der Waals surface area (Å²) in [7, 11) is 3.02. The summed E-state index contributed by atoms with van der Waals surface area (Å²) in [5, 5.41) is 5.99. The lowest BCUT2D eigenvalue weighted by molar-refractivity contribution is 0.0601. The fourth-order valence-corrected chi connectivity index (χ4v) is 3.20. The molecule has 0 spiro atoms. The normalized spacial score (nSPS) is 10.4. The van der Waals surface area contributed by atoms with E-state index in [9.17, 15) is 4.79 Å². The van der Waals surface area contributed by atoms with E-state index in [1.165, 1.54) is 18.4 Å². The molecular weight excluding hydrogens is 336 g/mol. The van der Waals surface area contributed by atoms with Crippen molar-refractivity contribution in [1.82, 2.24) is 4.98 Å². The average molecular weight is 354 g/mol. The molecule has 0 aliphatic heterocycles. The molecular formula is C19H18N2O3S. The minimum atomic E-state index is -0.364. The second kappa shape index (κ2) is 7.36. The van der Waals surface area contributed by atoms with E-state index >= 15 is 0 Å². The molecule has 0 atom stereocenters. The second-order valence-electron chi connectivity index (χ2n) is 5.42. The number of carbonyl (C=O) groups excluding carboxylic acids is 1. The molecule has 0 aliphatic carbocycles. The van der Waals surface area contributed by atoms with Gasteiger partial charge in [-0.25, -0.2) is 9.78 Å². The summed E-state index contributed by atoms with van der Waals surface area (Å²) in [5.74, 6) is 0.465. The molecule has 0 aliphatic rings. The van der Waals surface area contributed by atoms with Gasteiger partial charge in [0.2, 0.25) is 0 Å². The quantitative estimate of drug-likeness (QED) is 0.675. The maximum Gasteiger partial charge on any atom is 0.337 e. The molecule has 128 valence electrons. The van der Waals surface area contributed by atoms with Crippen LogP contribution in [0.4, 0.5) is 10.8 Å². The highest BCUT2D eigenvalue weighted by atomic mass is 32.1. The first kappa shape index (κ1) is 17.0. The van der Waals surface area contributed by atoms with E-state index in [0.29, 0.717) is 5.56 Å². The zero-order chi connectivity index (χ0) is 17.8. The SMILES string of the molecule is COC(=O)c1cccc(Nc2nc(-c3ccc(OC)cc3C)cs2)c1. The van der Waals surface area contributed by atoms with Gasteiger partial charge in [0.05, 0.1) is 25.5 Å². The highest BCUT2D eigenvalue weighted by Crippen LogP contribution is 2.31. The Morgan fingerprint density at radius 1 is 1.16 bits per heavy atom. The summed E-state index contributed by atoms with van der Waals surface area (Å²) in [6, 6.07) is 13.1. The Kier molecular flexibility index (Phi) is 5.00. The summed E-state index contributed by atoms with van der Waals surface area (Å²) in [6.45, 7) is 2.03. The highest BCUT2D eigenvalue weighted by molar-refractivity contribution is 7.14. The molecule has 3 aromatic rings. The van der Waals surface area contributed by atoms with Crippen LogP contribution in [0.15, 0.2) is 47.8 Å². The Balaban J connectivity index is 1.82. The number of hydrogen-bond acceptors (Lipinski definition) is 6. The van der Waals surface area contributed by atoms with Crippen LogP contribution in [0.1, 0.15) is 15.9 Å². The number of thiazole rings is 1. The Morgan fingerprint density at radius 3 is 2.72 bits per heavy atom. The number of methoxy groups -OCH3 is 2. The van der Waals surface area contributed by atoms with Crippen molar-refractivity contribution in [3.8, 4) is 17.0 Å². The van der Waals surface area contributed by atoms with Gasteiger partial charge in [-0.3, -0.25) is 0 Å². The van der Waals surface area contributed by atoms with Gasteiger partial charge in [0, 0.05) is 16.6 Å². The number of anilines is 2. The van der Waals surface area contributed by atoms with Crippen molar-refractivity contribution in [2.75, 3.05) is 19.5 Å². The standard InChI is InChI=1S/C19H18N2O3S/c1-12-9-15(23-2)7-8-16(12)17-11-25-19(21-17)20-14-6-4-5-13(10-14)18(22)24-3/h4-11H,1-3H3,(H,20,21). The van der Waals surface area contributed by atoms with Gasteiger partial charge in [-0.2, -0.15) is 0 Å². The first-order valence-corrected chi connectivity index (χ1v) is 8.54. The van der Waals surface area contributed by atoms with E-state index in [2.05, 4.69) is 10.3 Å². The third-order valence-corrected chi connectivity index (χ3v) is 4.51. The van der Waals surface area contributed by atoms with Gasteiger partial charge in [0.25, 0.3) is 0 Å². The predicted molar refractivity (Wildman–Crippen MR) is 99.9 cm³/mol. The van der Waals surface area contributed by atoms with Crippen molar-refractivity contribution in [3.05, 3.63) is 59.0 Å². The Bertz CT molecular complexity index is 905. The first-order valence-electron chi connectivity index (χ1n) is 7.66. The first-order chi connectivity index (χ1) is 12.1. The molecule has 5 nitrogen and oxygen atoms in total. The van der Waals surface area contributed by atoms with Crippen molar-refractivity contribution in [3.63, 3.8) is 0 Å². The molecule has 0 saturated carbocycles. The molecule has 0 radical (unpaired) electrons. The van der Waals surface area contributed by atoms with E-state index < -0.39 is 0 Å². The van der Waals surface area contributed by atoms with Crippen LogP contribution in [0.5, 0.6) is 5.75 Å². The molecule has 0 amide bonds.